The van der Waals surface area contributed by atoms with E-state index in [2.05, 4.69) is 24.0 Å². The second-order valence-corrected chi connectivity index (χ2v) is 4.35. The summed E-state index contributed by atoms with van der Waals surface area (Å²) in [4.78, 5) is 0. The molecule has 1 aliphatic rings. The fourth-order valence-corrected chi connectivity index (χ4v) is 1.76. The largest absolute Gasteiger partial charge is 0.368 e. The summed E-state index contributed by atoms with van der Waals surface area (Å²) >= 11 is 5.06. The smallest absolute Gasteiger partial charge is 0.220 e. The molecule has 0 bridgehead atoms. The first-order valence-corrected chi connectivity index (χ1v) is 4.35. The summed E-state index contributed by atoms with van der Waals surface area (Å²) in [5.74, 6) is 0.496. The Bertz CT molecular complexity index is 362. The Labute approximate surface area is 75.8 Å². The first-order chi connectivity index (χ1) is 5.52. The number of aromatic amines is 1. The average molecular weight is 184 g/mol. The molecule has 12 heavy (non-hydrogen) atoms. The summed E-state index contributed by atoms with van der Waals surface area (Å²) in [6, 6.07) is 0.434. The van der Waals surface area contributed by atoms with E-state index < -0.39 is 0 Å². The third-order valence-corrected chi connectivity index (χ3v) is 2.79. The molecule has 5 heteroatoms. The zero-order valence-electron chi connectivity index (χ0n) is 7.16. The Morgan fingerprint density at radius 3 is 2.67 bits per heavy atom. The fourth-order valence-electron chi connectivity index (χ4n) is 1.50. The first kappa shape index (κ1) is 7.79. The van der Waals surface area contributed by atoms with E-state index in [9.17, 15) is 0 Å². The van der Waals surface area contributed by atoms with Crippen LogP contribution in [0.15, 0.2) is 0 Å². The van der Waals surface area contributed by atoms with E-state index in [0.717, 1.165) is 6.42 Å². The third-order valence-electron chi connectivity index (χ3n) is 2.50. The molecule has 1 heterocycles. The van der Waals surface area contributed by atoms with E-state index in [1.807, 2.05) is 4.57 Å². The van der Waals surface area contributed by atoms with Gasteiger partial charge >= 0.3 is 0 Å². The minimum atomic E-state index is 0.330. The molecule has 2 rings (SSSR count). The van der Waals surface area contributed by atoms with E-state index in [1.54, 1.807) is 0 Å². The van der Waals surface area contributed by atoms with Crippen molar-refractivity contribution in [1.29, 1.82) is 0 Å². The molecule has 66 valence electrons. The van der Waals surface area contributed by atoms with Crippen molar-refractivity contribution in [2.45, 2.75) is 26.3 Å². The van der Waals surface area contributed by atoms with Crippen LogP contribution in [-0.2, 0) is 0 Å². The molecule has 0 aromatic carbocycles. The van der Waals surface area contributed by atoms with Gasteiger partial charge < -0.3 is 5.73 Å². The van der Waals surface area contributed by atoms with E-state index in [4.69, 9.17) is 18.0 Å². The van der Waals surface area contributed by atoms with Crippen LogP contribution in [-0.4, -0.2) is 14.8 Å². The molecule has 1 aliphatic carbocycles. The van der Waals surface area contributed by atoms with Gasteiger partial charge in [0.05, 0.1) is 0 Å². The highest BCUT2D eigenvalue weighted by molar-refractivity contribution is 7.71. The van der Waals surface area contributed by atoms with E-state index in [-0.39, 0.29) is 0 Å². The quantitative estimate of drug-likeness (QED) is 0.650. The summed E-state index contributed by atoms with van der Waals surface area (Å²) in [5.41, 5.74) is 5.99. The van der Waals surface area contributed by atoms with Crippen LogP contribution in [0, 0.1) is 10.2 Å². The normalized spacial score (nSPS) is 25.7. The Balaban J connectivity index is 2.42. The van der Waals surface area contributed by atoms with Crippen LogP contribution < -0.4 is 5.73 Å². The van der Waals surface area contributed by atoms with Gasteiger partial charge in [-0.1, -0.05) is 13.8 Å². The van der Waals surface area contributed by atoms with Gasteiger partial charge in [0.2, 0.25) is 5.95 Å². The zero-order chi connectivity index (χ0) is 8.93. The third kappa shape index (κ3) is 0.964. The second-order valence-electron chi connectivity index (χ2n) is 3.97. The fraction of sp³-hybridized carbons (Fsp3) is 0.714. The topological polar surface area (TPSA) is 59.6 Å². The first-order valence-electron chi connectivity index (χ1n) is 3.95. The Hall–Kier alpha value is -0.840. The van der Waals surface area contributed by atoms with Crippen LogP contribution in [0.5, 0.6) is 0 Å². The van der Waals surface area contributed by atoms with Crippen molar-refractivity contribution in [2.75, 3.05) is 5.73 Å². The Kier molecular flexibility index (Phi) is 1.36. The highest BCUT2D eigenvalue weighted by Crippen LogP contribution is 2.56. The van der Waals surface area contributed by atoms with Crippen molar-refractivity contribution in [3.8, 4) is 0 Å². The van der Waals surface area contributed by atoms with Gasteiger partial charge in [-0.15, -0.1) is 5.10 Å². The lowest BCUT2D eigenvalue weighted by molar-refractivity contribution is 0.541. The number of anilines is 1. The average Bonchev–Trinajstić information content (AvgIpc) is 2.42. The van der Waals surface area contributed by atoms with Gasteiger partial charge in [-0.3, -0.25) is 4.57 Å². The molecule has 3 N–H and O–H groups in total. The molecular weight excluding hydrogens is 172 g/mol. The number of nitrogens with zero attached hydrogens (tertiary/aromatic N) is 2. The maximum absolute atomic E-state index is 5.66. The summed E-state index contributed by atoms with van der Waals surface area (Å²) in [6.45, 7) is 4.40. The SMILES string of the molecule is CC1(C)CC1n1c(N)n[nH]c1=S. The van der Waals surface area contributed by atoms with Gasteiger partial charge in [-0.2, -0.15) is 0 Å². The van der Waals surface area contributed by atoms with Crippen LogP contribution >= 0.6 is 12.2 Å². The van der Waals surface area contributed by atoms with Gasteiger partial charge in [0.25, 0.3) is 0 Å². The molecule has 0 amide bonds. The number of rotatable bonds is 1. The number of nitrogens with one attached hydrogen (secondary N) is 1. The highest BCUT2D eigenvalue weighted by Gasteiger charge is 2.48. The summed E-state index contributed by atoms with van der Waals surface area (Å²) in [7, 11) is 0. The van der Waals surface area contributed by atoms with Crippen molar-refractivity contribution < 1.29 is 0 Å². The lowest BCUT2D eigenvalue weighted by Crippen LogP contribution is -2.04. The number of H-pyrrole nitrogens is 1. The minimum Gasteiger partial charge on any atom is -0.368 e. The lowest BCUT2D eigenvalue weighted by Gasteiger charge is -2.04. The predicted octanol–water partition coefficient (Wildman–Crippen LogP) is 1.49. The molecule has 1 aromatic rings. The van der Waals surface area contributed by atoms with Gasteiger partial charge in [0.15, 0.2) is 4.77 Å². The van der Waals surface area contributed by atoms with Crippen LogP contribution in [0.2, 0.25) is 0 Å². The second kappa shape index (κ2) is 2.10. The zero-order valence-corrected chi connectivity index (χ0v) is 7.98. The highest BCUT2D eigenvalue weighted by atomic mass is 32.1. The van der Waals surface area contributed by atoms with Gasteiger partial charge in [0, 0.05) is 6.04 Å². The maximum atomic E-state index is 5.66. The predicted molar refractivity (Wildman–Crippen MR) is 49.3 cm³/mol. The van der Waals surface area contributed by atoms with Gasteiger partial charge in [0.1, 0.15) is 0 Å². The van der Waals surface area contributed by atoms with Crippen LogP contribution in [0.1, 0.15) is 26.3 Å². The Morgan fingerprint density at radius 1 is 1.75 bits per heavy atom. The van der Waals surface area contributed by atoms with Crippen molar-refractivity contribution in [1.82, 2.24) is 14.8 Å². The molecule has 1 atom stereocenters. The number of nitrogens with two attached hydrogens (primary N) is 1. The van der Waals surface area contributed by atoms with Crippen molar-refractivity contribution >= 4 is 18.2 Å². The standard InChI is InChI=1S/C7H12N4S/c1-7(2)3-4(7)11-5(8)9-10-6(11)12/h4H,3H2,1-2H3,(H2,8,9)(H,10,12). The molecular formula is C7H12N4S. The molecule has 0 saturated heterocycles. The molecule has 1 aromatic heterocycles. The van der Waals surface area contributed by atoms with Crippen molar-refractivity contribution in [3.05, 3.63) is 4.77 Å². The number of nitrogen functional groups attached to an aromatic ring is 1. The van der Waals surface area contributed by atoms with Gasteiger partial charge in [-0.25, -0.2) is 5.10 Å². The van der Waals surface area contributed by atoms with Crippen LogP contribution in [0.4, 0.5) is 5.95 Å². The molecule has 0 aliphatic heterocycles. The maximum Gasteiger partial charge on any atom is 0.220 e. The number of hydrogen-bond acceptors (Lipinski definition) is 3. The molecule has 1 unspecified atom stereocenters. The number of hydrogen-bond donors (Lipinski definition) is 2. The summed E-state index contributed by atoms with van der Waals surface area (Å²) < 4.78 is 2.53. The molecule has 0 spiro atoms. The molecule has 1 saturated carbocycles. The van der Waals surface area contributed by atoms with Crippen molar-refractivity contribution in [3.63, 3.8) is 0 Å². The molecule has 0 radical (unpaired) electrons. The minimum absolute atomic E-state index is 0.330. The van der Waals surface area contributed by atoms with Crippen LogP contribution in [0.3, 0.4) is 0 Å². The van der Waals surface area contributed by atoms with Crippen molar-refractivity contribution in [2.24, 2.45) is 5.41 Å². The number of aromatic nitrogens is 3. The molecule has 4 nitrogen and oxygen atoms in total. The monoisotopic (exact) mass is 184 g/mol. The van der Waals surface area contributed by atoms with Gasteiger partial charge in [-0.05, 0) is 24.1 Å². The molecule has 1 fully saturated rings. The Morgan fingerprint density at radius 2 is 2.33 bits per heavy atom. The van der Waals surface area contributed by atoms with E-state index in [1.165, 1.54) is 0 Å². The summed E-state index contributed by atoms with van der Waals surface area (Å²) in [6.07, 6.45) is 1.13. The van der Waals surface area contributed by atoms with E-state index >= 15 is 0 Å². The van der Waals surface area contributed by atoms with Crippen LogP contribution in [0.25, 0.3) is 0 Å². The lowest BCUT2D eigenvalue weighted by atomic mass is 10.2. The van der Waals surface area contributed by atoms with E-state index in [0.29, 0.717) is 22.2 Å². The summed E-state index contributed by atoms with van der Waals surface area (Å²) in [5, 5.41) is 6.55.